The summed E-state index contributed by atoms with van der Waals surface area (Å²) in [6.45, 7) is 4.90. The molecule has 6 heteroatoms. The first-order valence-electron chi connectivity index (χ1n) is 6.14. The molecule has 0 spiro atoms. The zero-order valence-electron chi connectivity index (χ0n) is 10.2. The molecule has 2 aromatic heterocycles. The first-order chi connectivity index (χ1) is 8.92. The van der Waals surface area contributed by atoms with Crippen LogP contribution in [-0.2, 0) is 6.54 Å². The number of hydrogen-bond donors (Lipinski definition) is 1. The van der Waals surface area contributed by atoms with Crippen LogP contribution in [0, 0.1) is 0 Å². The smallest absolute Gasteiger partial charge is 0.138 e. The molecule has 94 valence electrons. The van der Waals surface area contributed by atoms with Gasteiger partial charge >= 0.3 is 0 Å². The van der Waals surface area contributed by atoms with Crippen molar-refractivity contribution in [2.24, 2.45) is 0 Å². The van der Waals surface area contributed by atoms with Crippen molar-refractivity contribution >= 4 is 5.82 Å². The predicted octanol–water partition coefficient (Wildman–Crippen LogP) is 0.522. The molecule has 0 unspecified atom stereocenters. The van der Waals surface area contributed by atoms with Gasteiger partial charge in [0.05, 0.1) is 6.54 Å². The van der Waals surface area contributed by atoms with Crippen LogP contribution >= 0.6 is 0 Å². The van der Waals surface area contributed by atoms with Crippen molar-refractivity contribution in [3.05, 3.63) is 36.5 Å². The quantitative estimate of drug-likeness (QED) is 0.853. The summed E-state index contributed by atoms with van der Waals surface area (Å²) >= 11 is 0. The summed E-state index contributed by atoms with van der Waals surface area (Å²) in [5.74, 6) is 2.00. The third-order valence-corrected chi connectivity index (χ3v) is 3.18. The van der Waals surface area contributed by atoms with E-state index in [2.05, 4.69) is 36.0 Å². The largest absolute Gasteiger partial charge is 0.354 e. The number of pyridine rings is 1. The molecule has 0 aliphatic carbocycles. The molecule has 0 aromatic carbocycles. The number of nitrogens with zero attached hydrogens (tertiary/aromatic N) is 5. The zero-order valence-corrected chi connectivity index (χ0v) is 10.2. The number of hydrogen-bond acceptors (Lipinski definition) is 5. The molecule has 1 aliphatic heterocycles. The maximum atomic E-state index is 4.38. The highest BCUT2D eigenvalue weighted by Gasteiger charge is 2.18. The van der Waals surface area contributed by atoms with Gasteiger partial charge in [-0.25, -0.2) is 9.97 Å². The predicted molar refractivity (Wildman–Crippen MR) is 68.1 cm³/mol. The number of nitrogens with one attached hydrogen (secondary N) is 1. The normalized spacial score (nSPS) is 17.0. The van der Waals surface area contributed by atoms with Crippen LogP contribution in [-0.4, -0.2) is 51.2 Å². The second-order valence-electron chi connectivity index (χ2n) is 4.38. The molecule has 0 saturated carbocycles. The number of piperazine rings is 1. The Balaban J connectivity index is 1.55. The van der Waals surface area contributed by atoms with Crippen molar-refractivity contribution in [3.8, 4) is 0 Å². The van der Waals surface area contributed by atoms with Gasteiger partial charge in [0.25, 0.3) is 0 Å². The Hall–Kier alpha value is -1.95. The number of H-pyrrole nitrogens is 1. The van der Waals surface area contributed by atoms with Gasteiger partial charge in [0.2, 0.25) is 0 Å². The summed E-state index contributed by atoms with van der Waals surface area (Å²) in [5, 5.41) is 6.77. The molecule has 1 aliphatic rings. The molecule has 18 heavy (non-hydrogen) atoms. The van der Waals surface area contributed by atoms with E-state index in [1.165, 1.54) is 0 Å². The highest BCUT2D eigenvalue weighted by atomic mass is 15.3. The van der Waals surface area contributed by atoms with E-state index in [0.717, 1.165) is 44.4 Å². The van der Waals surface area contributed by atoms with E-state index in [-0.39, 0.29) is 0 Å². The van der Waals surface area contributed by atoms with Crippen LogP contribution < -0.4 is 4.90 Å². The van der Waals surface area contributed by atoms with Crippen molar-refractivity contribution in [2.45, 2.75) is 6.54 Å². The molecular formula is C12H16N6. The summed E-state index contributed by atoms with van der Waals surface area (Å²) in [6, 6.07) is 6.04. The molecule has 0 atom stereocenters. The van der Waals surface area contributed by atoms with Gasteiger partial charge in [0.1, 0.15) is 18.0 Å². The Morgan fingerprint density at radius 2 is 2.00 bits per heavy atom. The highest BCUT2D eigenvalue weighted by molar-refractivity contribution is 5.38. The van der Waals surface area contributed by atoms with Crippen LogP contribution in [0.3, 0.4) is 0 Å². The summed E-state index contributed by atoms with van der Waals surface area (Å²) in [5.41, 5.74) is 0. The van der Waals surface area contributed by atoms with Gasteiger partial charge in [-0.2, -0.15) is 5.10 Å². The van der Waals surface area contributed by atoms with E-state index in [1.807, 2.05) is 18.3 Å². The monoisotopic (exact) mass is 244 g/mol. The molecule has 2 aromatic rings. The molecule has 3 rings (SSSR count). The summed E-state index contributed by atoms with van der Waals surface area (Å²) in [4.78, 5) is 13.2. The van der Waals surface area contributed by atoms with Crippen molar-refractivity contribution < 1.29 is 0 Å². The molecule has 0 radical (unpaired) electrons. The van der Waals surface area contributed by atoms with E-state index < -0.39 is 0 Å². The van der Waals surface area contributed by atoms with Crippen LogP contribution in [0.1, 0.15) is 5.82 Å². The Kier molecular flexibility index (Phi) is 3.18. The van der Waals surface area contributed by atoms with E-state index in [1.54, 1.807) is 6.33 Å². The fourth-order valence-corrected chi connectivity index (χ4v) is 2.19. The molecule has 1 saturated heterocycles. The summed E-state index contributed by atoms with van der Waals surface area (Å²) < 4.78 is 0. The van der Waals surface area contributed by atoms with Gasteiger partial charge in [-0.05, 0) is 12.1 Å². The maximum Gasteiger partial charge on any atom is 0.138 e. The van der Waals surface area contributed by atoms with Crippen LogP contribution in [0.15, 0.2) is 30.7 Å². The molecule has 1 N–H and O–H groups in total. The zero-order chi connectivity index (χ0) is 12.2. The molecular weight excluding hydrogens is 228 g/mol. The minimum Gasteiger partial charge on any atom is -0.354 e. The average Bonchev–Trinajstić information content (AvgIpc) is 2.94. The van der Waals surface area contributed by atoms with E-state index >= 15 is 0 Å². The maximum absolute atomic E-state index is 4.38. The van der Waals surface area contributed by atoms with Gasteiger partial charge in [-0.1, -0.05) is 6.07 Å². The third kappa shape index (κ3) is 2.48. The van der Waals surface area contributed by atoms with Crippen molar-refractivity contribution in [1.29, 1.82) is 0 Å². The second kappa shape index (κ2) is 5.14. The van der Waals surface area contributed by atoms with Gasteiger partial charge in [-0.3, -0.25) is 10.00 Å². The lowest BCUT2D eigenvalue weighted by Crippen LogP contribution is -2.46. The van der Waals surface area contributed by atoms with Crippen LogP contribution in [0.4, 0.5) is 5.82 Å². The van der Waals surface area contributed by atoms with Crippen molar-refractivity contribution in [1.82, 2.24) is 25.1 Å². The summed E-state index contributed by atoms with van der Waals surface area (Å²) in [7, 11) is 0. The Morgan fingerprint density at radius 3 is 2.67 bits per heavy atom. The molecule has 3 heterocycles. The van der Waals surface area contributed by atoms with Crippen LogP contribution in [0.5, 0.6) is 0 Å². The van der Waals surface area contributed by atoms with Gasteiger partial charge in [0, 0.05) is 32.4 Å². The second-order valence-corrected chi connectivity index (χ2v) is 4.38. The lowest BCUT2D eigenvalue weighted by molar-refractivity contribution is 0.244. The van der Waals surface area contributed by atoms with E-state index in [0.29, 0.717) is 0 Å². The van der Waals surface area contributed by atoms with Crippen molar-refractivity contribution in [2.75, 3.05) is 31.1 Å². The average molecular weight is 244 g/mol. The van der Waals surface area contributed by atoms with Crippen LogP contribution in [0.2, 0.25) is 0 Å². The fraction of sp³-hybridized carbons (Fsp3) is 0.417. The summed E-state index contributed by atoms with van der Waals surface area (Å²) in [6.07, 6.45) is 3.40. The third-order valence-electron chi connectivity index (χ3n) is 3.18. The molecule has 6 nitrogen and oxygen atoms in total. The SMILES string of the molecule is c1ccc(N2CCN(Cc3ncn[nH]3)CC2)nc1. The molecule has 0 amide bonds. The number of rotatable bonds is 3. The van der Waals surface area contributed by atoms with Gasteiger partial charge in [0.15, 0.2) is 0 Å². The first kappa shape index (κ1) is 11.2. The van der Waals surface area contributed by atoms with E-state index in [9.17, 15) is 0 Å². The Morgan fingerprint density at radius 1 is 1.11 bits per heavy atom. The van der Waals surface area contributed by atoms with Crippen molar-refractivity contribution in [3.63, 3.8) is 0 Å². The van der Waals surface area contributed by atoms with Gasteiger partial charge in [-0.15, -0.1) is 0 Å². The number of aromatic amines is 1. The fourth-order valence-electron chi connectivity index (χ4n) is 2.19. The minimum atomic E-state index is 0.843. The van der Waals surface area contributed by atoms with Crippen LogP contribution in [0.25, 0.3) is 0 Å². The van der Waals surface area contributed by atoms with Gasteiger partial charge < -0.3 is 4.90 Å². The molecule has 1 fully saturated rings. The first-order valence-corrected chi connectivity index (χ1v) is 6.14. The topological polar surface area (TPSA) is 60.9 Å². The minimum absolute atomic E-state index is 0.843. The highest BCUT2D eigenvalue weighted by Crippen LogP contribution is 2.13. The molecule has 0 bridgehead atoms. The Labute approximate surface area is 106 Å². The standard InChI is InChI=1S/C12H16N6/c1-2-4-13-12(3-1)18-7-5-17(6-8-18)9-11-14-10-15-16-11/h1-4,10H,5-9H2,(H,14,15,16). The lowest BCUT2D eigenvalue weighted by atomic mass is 10.3. The number of anilines is 1. The Bertz CT molecular complexity index is 461. The van der Waals surface area contributed by atoms with E-state index in [4.69, 9.17) is 0 Å². The lowest BCUT2D eigenvalue weighted by Gasteiger charge is -2.34. The number of aromatic nitrogens is 4.